The Bertz CT molecular complexity index is 2250. The summed E-state index contributed by atoms with van der Waals surface area (Å²) in [6.07, 6.45) is 0. The molecule has 0 radical (unpaired) electrons. The molecule has 0 saturated carbocycles. The molecule has 170 valence electrons. The van der Waals surface area contributed by atoms with E-state index in [0.29, 0.717) is 0 Å². The standard InChI is InChI=1S/C32H20N2O2/c1-33-27-12-6-4-11-24(27)29-17-20-15-14-19(16-28(20)34(29)32(33)35)25-18-26-22-9-5-7-13-30(22)36-31(26)23-10-3-2-8-21(23)25/h2-18H,1H3. The lowest BCUT2D eigenvalue weighted by Gasteiger charge is -2.10. The van der Waals surface area contributed by atoms with Crippen LogP contribution >= 0.6 is 0 Å². The van der Waals surface area contributed by atoms with E-state index in [1.807, 2.05) is 47.8 Å². The van der Waals surface area contributed by atoms with Gasteiger partial charge in [0, 0.05) is 34.0 Å². The molecule has 8 rings (SSSR count). The van der Waals surface area contributed by atoms with Gasteiger partial charge in [0.05, 0.1) is 16.6 Å². The number of furan rings is 1. The summed E-state index contributed by atoms with van der Waals surface area (Å²) in [5.41, 5.74) is 6.72. The Morgan fingerprint density at radius 2 is 1.33 bits per heavy atom. The molecule has 0 unspecified atom stereocenters. The maximum absolute atomic E-state index is 13.5. The summed E-state index contributed by atoms with van der Waals surface area (Å²) in [6.45, 7) is 0. The van der Waals surface area contributed by atoms with E-state index in [2.05, 4.69) is 66.7 Å². The van der Waals surface area contributed by atoms with Gasteiger partial charge in [0.1, 0.15) is 11.2 Å². The number of fused-ring (bicyclic) bond motifs is 10. The number of hydrogen-bond donors (Lipinski definition) is 0. The van der Waals surface area contributed by atoms with Gasteiger partial charge in [-0.15, -0.1) is 0 Å². The van der Waals surface area contributed by atoms with Crippen LogP contribution in [0.5, 0.6) is 0 Å². The molecule has 3 heterocycles. The van der Waals surface area contributed by atoms with Gasteiger partial charge in [-0.3, -0.25) is 8.97 Å². The van der Waals surface area contributed by atoms with E-state index in [-0.39, 0.29) is 5.69 Å². The van der Waals surface area contributed by atoms with Crippen molar-refractivity contribution in [3.63, 3.8) is 0 Å². The minimum absolute atomic E-state index is 0.0445. The maximum atomic E-state index is 13.5. The smallest absolute Gasteiger partial charge is 0.333 e. The molecule has 8 aromatic rings. The Morgan fingerprint density at radius 3 is 2.19 bits per heavy atom. The molecule has 0 aliphatic heterocycles. The zero-order chi connectivity index (χ0) is 24.0. The highest BCUT2D eigenvalue weighted by atomic mass is 16.3. The lowest BCUT2D eigenvalue weighted by atomic mass is 9.95. The third-order valence-corrected chi connectivity index (χ3v) is 7.52. The summed E-state index contributed by atoms with van der Waals surface area (Å²) in [5, 5.41) is 6.53. The van der Waals surface area contributed by atoms with Crippen molar-refractivity contribution in [3.8, 4) is 11.1 Å². The molecule has 0 amide bonds. The summed E-state index contributed by atoms with van der Waals surface area (Å²) in [4.78, 5) is 13.5. The molecule has 4 nitrogen and oxygen atoms in total. The van der Waals surface area contributed by atoms with Crippen LogP contribution in [0.2, 0.25) is 0 Å². The van der Waals surface area contributed by atoms with Crippen LogP contribution in [0.15, 0.2) is 112 Å². The molecule has 0 aliphatic carbocycles. The zero-order valence-corrected chi connectivity index (χ0v) is 19.5. The van der Waals surface area contributed by atoms with Crippen molar-refractivity contribution >= 4 is 60.0 Å². The second kappa shape index (κ2) is 6.86. The van der Waals surface area contributed by atoms with Gasteiger partial charge in [0.15, 0.2) is 0 Å². The molecule has 0 saturated heterocycles. The normalized spacial score (nSPS) is 12.1. The van der Waals surface area contributed by atoms with Crippen molar-refractivity contribution in [3.05, 3.63) is 114 Å². The Morgan fingerprint density at radius 1 is 0.611 bits per heavy atom. The first-order valence-electron chi connectivity index (χ1n) is 12.1. The lowest BCUT2D eigenvalue weighted by Crippen LogP contribution is -2.24. The largest absolute Gasteiger partial charge is 0.455 e. The molecular weight excluding hydrogens is 444 g/mol. The second-order valence-corrected chi connectivity index (χ2v) is 9.44. The number of para-hydroxylation sites is 2. The Labute approximate surface area is 205 Å². The van der Waals surface area contributed by atoms with Crippen LogP contribution in [0, 0.1) is 0 Å². The van der Waals surface area contributed by atoms with Crippen LogP contribution < -0.4 is 5.69 Å². The van der Waals surface area contributed by atoms with Crippen molar-refractivity contribution in [2.75, 3.05) is 0 Å². The molecule has 0 aliphatic rings. The van der Waals surface area contributed by atoms with Crippen LogP contribution in [-0.2, 0) is 7.05 Å². The number of aryl methyl sites for hydroxylation is 1. The Balaban J connectivity index is 1.50. The molecule has 36 heavy (non-hydrogen) atoms. The van der Waals surface area contributed by atoms with E-state index >= 15 is 0 Å². The van der Waals surface area contributed by atoms with Gasteiger partial charge in [-0.1, -0.05) is 72.8 Å². The number of benzene rings is 5. The number of hydrogen-bond acceptors (Lipinski definition) is 2. The first-order chi connectivity index (χ1) is 17.7. The first-order valence-corrected chi connectivity index (χ1v) is 12.1. The molecule has 0 bridgehead atoms. The average Bonchev–Trinajstić information content (AvgIpc) is 3.50. The predicted molar refractivity (Wildman–Crippen MR) is 148 cm³/mol. The first kappa shape index (κ1) is 19.5. The van der Waals surface area contributed by atoms with Crippen LogP contribution in [-0.4, -0.2) is 8.97 Å². The van der Waals surface area contributed by atoms with E-state index in [1.165, 1.54) is 0 Å². The van der Waals surface area contributed by atoms with E-state index < -0.39 is 0 Å². The monoisotopic (exact) mass is 464 g/mol. The summed E-state index contributed by atoms with van der Waals surface area (Å²) in [6, 6.07) is 35.4. The fourth-order valence-corrected chi connectivity index (χ4v) is 5.79. The highest BCUT2D eigenvalue weighted by Gasteiger charge is 2.17. The Hall–Kier alpha value is -4.83. The lowest BCUT2D eigenvalue weighted by molar-refractivity contribution is 0.672. The molecule has 0 spiro atoms. The summed E-state index contributed by atoms with van der Waals surface area (Å²) in [7, 11) is 1.84. The minimum Gasteiger partial charge on any atom is -0.455 e. The van der Waals surface area contributed by atoms with Gasteiger partial charge in [-0.05, 0) is 46.8 Å². The number of nitrogens with zero attached hydrogens (tertiary/aromatic N) is 2. The molecule has 3 aromatic heterocycles. The van der Waals surface area contributed by atoms with Crippen LogP contribution in [0.1, 0.15) is 0 Å². The third-order valence-electron chi connectivity index (χ3n) is 7.52. The van der Waals surface area contributed by atoms with Gasteiger partial charge >= 0.3 is 5.69 Å². The SMILES string of the molecule is Cn1c(=O)n2c3cc(-c4cc5c6ccccc6oc5c5ccccc45)ccc3cc2c2ccccc21. The van der Waals surface area contributed by atoms with Crippen LogP contribution in [0.25, 0.3) is 71.2 Å². The van der Waals surface area contributed by atoms with Gasteiger partial charge in [0.25, 0.3) is 0 Å². The van der Waals surface area contributed by atoms with Crippen LogP contribution in [0.4, 0.5) is 0 Å². The molecule has 0 fully saturated rings. The second-order valence-electron chi connectivity index (χ2n) is 9.44. The highest BCUT2D eigenvalue weighted by molar-refractivity contribution is 6.19. The molecule has 0 atom stereocenters. The molecule has 0 N–H and O–H groups in total. The van der Waals surface area contributed by atoms with Crippen molar-refractivity contribution in [2.45, 2.75) is 0 Å². The number of aromatic nitrogens is 2. The van der Waals surface area contributed by atoms with Gasteiger partial charge in [-0.2, -0.15) is 0 Å². The Kier molecular flexibility index (Phi) is 3.71. The quantitative estimate of drug-likeness (QED) is 0.250. The van der Waals surface area contributed by atoms with Gasteiger partial charge in [-0.25, -0.2) is 4.79 Å². The van der Waals surface area contributed by atoms with Crippen molar-refractivity contribution < 1.29 is 4.42 Å². The summed E-state index contributed by atoms with van der Waals surface area (Å²) in [5.74, 6) is 0. The molecular formula is C32H20N2O2. The van der Waals surface area contributed by atoms with E-state index in [1.54, 1.807) is 4.57 Å². The molecule has 4 heteroatoms. The predicted octanol–water partition coefficient (Wildman–Crippen LogP) is 7.66. The van der Waals surface area contributed by atoms with Gasteiger partial charge in [0.2, 0.25) is 0 Å². The highest BCUT2D eigenvalue weighted by Crippen LogP contribution is 2.40. The number of rotatable bonds is 1. The summed E-state index contributed by atoms with van der Waals surface area (Å²) < 4.78 is 9.87. The average molecular weight is 465 g/mol. The van der Waals surface area contributed by atoms with E-state index in [0.717, 1.165) is 71.2 Å². The van der Waals surface area contributed by atoms with Crippen molar-refractivity contribution in [1.29, 1.82) is 0 Å². The fraction of sp³-hybridized carbons (Fsp3) is 0.0312. The van der Waals surface area contributed by atoms with E-state index in [9.17, 15) is 4.79 Å². The van der Waals surface area contributed by atoms with Crippen molar-refractivity contribution in [1.82, 2.24) is 8.97 Å². The van der Waals surface area contributed by atoms with Crippen LogP contribution in [0.3, 0.4) is 0 Å². The summed E-state index contributed by atoms with van der Waals surface area (Å²) >= 11 is 0. The van der Waals surface area contributed by atoms with Gasteiger partial charge < -0.3 is 4.42 Å². The maximum Gasteiger partial charge on any atom is 0.333 e. The third kappa shape index (κ3) is 2.45. The topological polar surface area (TPSA) is 39.5 Å². The minimum atomic E-state index is -0.0445. The van der Waals surface area contributed by atoms with Crippen molar-refractivity contribution in [2.24, 2.45) is 7.05 Å². The zero-order valence-electron chi connectivity index (χ0n) is 19.5. The molecule has 5 aromatic carbocycles. The van der Waals surface area contributed by atoms with E-state index in [4.69, 9.17) is 4.42 Å². The fourth-order valence-electron chi connectivity index (χ4n) is 5.79.